The first-order chi connectivity index (χ1) is 15.8. The Balaban J connectivity index is 0.00000306. The van der Waals surface area contributed by atoms with E-state index in [1.165, 1.54) is 11.1 Å². The van der Waals surface area contributed by atoms with E-state index in [4.69, 9.17) is 9.73 Å². The molecular weight excluding hydrogens is 529 g/mol. The third kappa shape index (κ3) is 7.51. The lowest BCUT2D eigenvalue weighted by Crippen LogP contribution is -2.38. The summed E-state index contributed by atoms with van der Waals surface area (Å²) in [4.78, 5) is 11.6. The predicted octanol–water partition coefficient (Wildman–Crippen LogP) is 2.97. The Morgan fingerprint density at radius 3 is 2.64 bits per heavy atom. The van der Waals surface area contributed by atoms with E-state index in [1.807, 2.05) is 24.4 Å². The van der Waals surface area contributed by atoms with Gasteiger partial charge in [-0.15, -0.1) is 24.0 Å². The Morgan fingerprint density at radius 2 is 1.88 bits per heavy atom. The van der Waals surface area contributed by atoms with E-state index < -0.39 is 0 Å². The van der Waals surface area contributed by atoms with Crippen LogP contribution in [0.15, 0.2) is 66.0 Å². The highest BCUT2D eigenvalue weighted by Crippen LogP contribution is 2.13. The van der Waals surface area contributed by atoms with Crippen LogP contribution in [0.25, 0.3) is 5.82 Å². The molecule has 2 aromatic heterocycles. The number of benzene rings is 1. The van der Waals surface area contributed by atoms with Crippen LogP contribution in [0.5, 0.6) is 0 Å². The first-order valence-electron chi connectivity index (χ1n) is 11.2. The Hall–Kier alpha value is -2.50. The molecule has 0 amide bonds. The summed E-state index contributed by atoms with van der Waals surface area (Å²) in [5.41, 5.74) is 3.71. The van der Waals surface area contributed by atoms with Gasteiger partial charge in [0, 0.05) is 51.3 Å². The van der Waals surface area contributed by atoms with Crippen LogP contribution in [-0.4, -0.2) is 58.5 Å². The summed E-state index contributed by atoms with van der Waals surface area (Å²) >= 11 is 0. The molecule has 1 saturated heterocycles. The smallest absolute Gasteiger partial charge is 0.191 e. The van der Waals surface area contributed by atoms with Crippen molar-refractivity contribution >= 4 is 29.9 Å². The largest absolute Gasteiger partial charge is 0.379 e. The van der Waals surface area contributed by atoms with Crippen LogP contribution in [-0.2, 0) is 24.4 Å². The van der Waals surface area contributed by atoms with Crippen molar-refractivity contribution in [3.8, 4) is 5.82 Å². The Morgan fingerprint density at radius 1 is 1.06 bits per heavy atom. The van der Waals surface area contributed by atoms with Crippen molar-refractivity contribution in [1.82, 2.24) is 30.3 Å². The summed E-state index contributed by atoms with van der Waals surface area (Å²) in [6.45, 7) is 8.70. The van der Waals surface area contributed by atoms with Gasteiger partial charge >= 0.3 is 0 Å². The summed E-state index contributed by atoms with van der Waals surface area (Å²) in [5, 5.41) is 11.1. The highest BCUT2D eigenvalue weighted by atomic mass is 127. The number of nitrogens with one attached hydrogen (secondary N) is 2. The fraction of sp³-hybridized carbons (Fsp3) is 0.375. The lowest BCUT2D eigenvalue weighted by Gasteiger charge is -2.27. The van der Waals surface area contributed by atoms with E-state index in [1.54, 1.807) is 17.1 Å². The SMILES string of the molecule is CCNC(=NCc1ccnc(-n2cccn2)c1)NCc1ccccc1CN1CCOCC1.I. The predicted molar refractivity (Wildman–Crippen MR) is 141 cm³/mol. The molecule has 4 rings (SSSR count). The molecule has 0 bridgehead atoms. The van der Waals surface area contributed by atoms with E-state index in [-0.39, 0.29) is 24.0 Å². The fourth-order valence-electron chi connectivity index (χ4n) is 3.66. The summed E-state index contributed by atoms with van der Waals surface area (Å²) in [6, 6.07) is 14.5. The summed E-state index contributed by atoms with van der Waals surface area (Å²) in [7, 11) is 0. The van der Waals surface area contributed by atoms with Gasteiger partial charge in [-0.05, 0) is 41.8 Å². The monoisotopic (exact) mass is 561 g/mol. The molecule has 2 N–H and O–H groups in total. The van der Waals surface area contributed by atoms with Gasteiger partial charge in [0.25, 0.3) is 0 Å². The zero-order chi connectivity index (χ0) is 22.0. The van der Waals surface area contributed by atoms with Crippen molar-refractivity contribution in [2.24, 2.45) is 4.99 Å². The number of halogens is 1. The Bertz CT molecular complexity index is 1000. The van der Waals surface area contributed by atoms with Gasteiger partial charge in [-0.2, -0.15) is 5.10 Å². The van der Waals surface area contributed by atoms with E-state index >= 15 is 0 Å². The quantitative estimate of drug-likeness (QED) is 0.250. The number of pyridine rings is 1. The summed E-state index contributed by atoms with van der Waals surface area (Å²) in [6.07, 6.45) is 5.43. The third-order valence-electron chi connectivity index (χ3n) is 5.38. The molecule has 1 aliphatic heterocycles. The lowest BCUT2D eigenvalue weighted by molar-refractivity contribution is 0.0341. The fourth-order valence-corrected chi connectivity index (χ4v) is 3.66. The van der Waals surface area contributed by atoms with Crippen molar-refractivity contribution in [3.63, 3.8) is 0 Å². The molecule has 33 heavy (non-hydrogen) atoms. The second-order valence-electron chi connectivity index (χ2n) is 7.68. The van der Waals surface area contributed by atoms with Gasteiger partial charge in [-0.3, -0.25) is 4.90 Å². The van der Waals surface area contributed by atoms with Gasteiger partial charge in [-0.25, -0.2) is 14.7 Å². The average molecular weight is 561 g/mol. The number of ether oxygens (including phenoxy) is 1. The van der Waals surface area contributed by atoms with Crippen molar-refractivity contribution in [2.75, 3.05) is 32.8 Å². The molecule has 1 aromatic carbocycles. The summed E-state index contributed by atoms with van der Waals surface area (Å²) < 4.78 is 7.23. The minimum absolute atomic E-state index is 0. The molecule has 1 aliphatic rings. The number of hydrogen-bond donors (Lipinski definition) is 2. The van der Waals surface area contributed by atoms with E-state index in [9.17, 15) is 0 Å². The van der Waals surface area contributed by atoms with Crippen LogP contribution in [0, 0.1) is 0 Å². The second-order valence-corrected chi connectivity index (χ2v) is 7.68. The molecule has 3 aromatic rings. The first-order valence-corrected chi connectivity index (χ1v) is 11.2. The first kappa shape index (κ1) is 25.1. The van der Waals surface area contributed by atoms with Crippen LogP contribution in [0.1, 0.15) is 23.6 Å². The van der Waals surface area contributed by atoms with Crippen LogP contribution in [0.4, 0.5) is 0 Å². The van der Waals surface area contributed by atoms with Crippen LogP contribution < -0.4 is 10.6 Å². The van der Waals surface area contributed by atoms with E-state index in [0.29, 0.717) is 6.54 Å². The van der Waals surface area contributed by atoms with E-state index in [0.717, 1.165) is 63.3 Å². The van der Waals surface area contributed by atoms with Crippen molar-refractivity contribution in [2.45, 2.75) is 26.6 Å². The van der Waals surface area contributed by atoms with Gasteiger partial charge in [-0.1, -0.05) is 24.3 Å². The Kier molecular flexibility index (Phi) is 10.1. The standard InChI is InChI=1S/C24H31N7O.HI/c1-2-25-24(27-17-20-8-10-26-23(16-20)31-11-5-9-29-31)28-18-21-6-3-4-7-22(21)19-30-12-14-32-15-13-30;/h3-11,16H,2,12-15,17-19H2,1H3,(H2,25,27,28);1H. The van der Waals surface area contributed by atoms with Crippen LogP contribution in [0.3, 0.4) is 0 Å². The van der Waals surface area contributed by atoms with Gasteiger partial charge in [0.2, 0.25) is 0 Å². The van der Waals surface area contributed by atoms with Gasteiger partial charge in [0.15, 0.2) is 11.8 Å². The number of hydrogen-bond acceptors (Lipinski definition) is 5. The minimum Gasteiger partial charge on any atom is -0.379 e. The molecule has 0 aliphatic carbocycles. The molecule has 0 atom stereocenters. The zero-order valence-corrected chi connectivity index (χ0v) is 21.3. The topological polar surface area (TPSA) is 79.6 Å². The highest BCUT2D eigenvalue weighted by molar-refractivity contribution is 14.0. The highest BCUT2D eigenvalue weighted by Gasteiger charge is 2.13. The molecule has 0 spiro atoms. The summed E-state index contributed by atoms with van der Waals surface area (Å²) in [5.74, 6) is 1.59. The molecule has 8 nitrogen and oxygen atoms in total. The van der Waals surface area contributed by atoms with Crippen LogP contribution >= 0.6 is 24.0 Å². The molecule has 0 saturated carbocycles. The average Bonchev–Trinajstić information content (AvgIpc) is 3.38. The minimum atomic E-state index is 0. The van der Waals surface area contributed by atoms with Crippen molar-refractivity contribution < 1.29 is 4.74 Å². The molecule has 9 heteroatoms. The van der Waals surface area contributed by atoms with Crippen LogP contribution in [0.2, 0.25) is 0 Å². The van der Waals surface area contributed by atoms with Gasteiger partial charge in [0.05, 0.1) is 19.8 Å². The maximum Gasteiger partial charge on any atom is 0.191 e. The maximum absolute atomic E-state index is 5.48. The van der Waals surface area contributed by atoms with E-state index in [2.05, 4.69) is 56.8 Å². The maximum atomic E-state index is 5.48. The molecule has 0 unspecified atom stereocenters. The molecule has 0 radical (unpaired) electrons. The zero-order valence-electron chi connectivity index (χ0n) is 19.0. The third-order valence-corrected chi connectivity index (χ3v) is 5.38. The number of aromatic nitrogens is 3. The van der Waals surface area contributed by atoms with Gasteiger partial charge in [0.1, 0.15) is 0 Å². The molecular formula is C24H32IN7O. The normalized spacial score (nSPS) is 14.5. The Labute approximate surface area is 212 Å². The molecule has 3 heterocycles. The van der Waals surface area contributed by atoms with Gasteiger partial charge < -0.3 is 15.4 Å². The molecule has 176 valence electrons. The number of rotatable bonds is 8. The van der Waals surface area contributed by atoms with Crippen molar-refractivity contribution in [3.05, 3.63) is 77.7 Å². The number of aliphatic imine (C=N–C) groups is 1. The lowest BCUT2D eigenvalue weighted by atomic mass is 10.1. The molecule has 1 fully saturated rings. The number of nitrogens with zero attached hydrogens (tertiary/aromatic N) is 5. The second kappa shape index (κ2) is 13.3. The van der Waals surface area contributed by atoms with Crippen molar-refractivity contribution in [1.29, 1.82) is 0 Å². The number of guanidine groups is 1. The number of morpholine rings is 1.